The van der Waals surface area contributed by atoms with Crippen LogP contribution in [-0.2, 0) is 11.2 Å². The molecule has 152 valence electrons. The predicted octanol–water partition coefficient (Wildman–Crippen LogP) is 3.15. The van der Waals surface area contributed by atoms with Gasteiger partial charge >= 0.3 is 6.03 Å². The minimum atomic E-state index is 0.0337. The van der Waals surface area contributed by atoms with Crippen LogP contribution in [0.2, 0.25) is 0 Å². The molecule has 1 heterocycles. The van der Waals surface area contributed by atoms with Crippen molar-refractivity contribution in [2.75, 3.05) is 53.5 Å². The van der Waals surface area contributed by atoms with E-state index < -0.39 is 0 Å². The number of likely N-dealkylation sites (tertiary alicyclic amines) is 1. The molecule has 5 heteroatoms. The van der Waals surface area contributed by atoms with Crippen molar-refractivity contribution in [2.45, 2.75) is 40.0 Å². The zero-order valence-electron chi connectivity index (χ0n) is 17.8. The summed E-state index contributed by atoms with van der Waals surface area (Å²) in [6.45, 7) is 11.9. The number of hydrogen-bond acceptors (Lipinski definition) is 3. The maximum absolute atomic E-state index is 12.5. The third-order valence-electron chi connectivity index (χ3n) is 5.59. The minimum absolute atomic E-state index is 0.0337. The van der Waals surface area contributed by atoms with E-state index in [1.807, 2.05) is 11.9 Å². The molecule has 0 radical (unpaired) electrons. The standard InChI is InChI=1S/C22H37N3O2/c1-17-13-18(2)21(19(3)14-17)8-9-23-22(26)24(4)15-20-7-6-10-25(16-20)11-12-27-5/h13-14,20H,6-12,15-16H2,1-5H3,(H,23,26). The summed E-state index contributed by atoms with van der Waals surface area (Å²) in [4.78, 5) is 16.8. The molecule has 0 aromatic heterocycles. The number of methoxy groups -OCH3 is 1. The number of carbonyl (C=O) groups is 1. The summed E-state index contributed by atoms with van der Waals surface area (Å²) in [5, 5.41) is 3.09. The van der Waals surface area contributed by atoms with Crippen LogP contribution in [0.15, 0.2) is 12.1 Å². The molecule has 0 spiro atoms. The van der Waals surface area contributed by atoms with Gasteiger partial charge in [-0.05, 0) is 69.2 Å². The Kier molecular flexibility index (Phi) is 8.58. The number of carbonyl (C=O) groups excluding carboxylic acids is 1. The molecule has 1 unspecified atom stereocenters. The van der Waals surface area contributed by atoms with Crippen molar-refractivity contribution in [3.63, 3.8) is 0 Å². The van der Waals surface area contributed by atoms with E-state index in [4.69, 9.17) is 4.74 Å². The van der Waals surface area contributed by atoms with Gasteiger partial charge in [0.25, 0.3) is 0 Å². The normalized spacial score (nSPS) is 17.7. The van der Waals surface area contributed by atoms with Gasteiger partial charge in [0.1, 0.15) is 0 Å². The van der Waals surface area contributed by atoms with Gasteiger partial charge in [-0.1, -0.05) is 17.7 Å². The lowest BCUT2D eigenvalue weighted by atomic mass is 9.97. The molecule has 1 saturated heterocycles. The lowest BCUT2D eigenvalue weighted by Gasteiger charge is -2.34. The van der Waals surface area contributed by atoms with Gasteiger partial charge in [0.05, 0.1) is 6.61 Å². The molecule has 0 aliphatic carbocycles. The third-order valence-corrected chi connectivity index (χ3v) is 5.59. The van der Waals surface area contributed by atoms with Crippen LogP contribution in [0.4, 0.5) is 4.79 Å². The van der Waals surface area contributed by atoms with E-state index in [-0.39, 0.29) is 6.03 Å². The zero-order chi connectivity index (χ0) is 19.8. The Balaban J connectivity index is 1.75. The van der Waals surface area contributed by atoms with Gasteiger partial charge < -0.3 is 19.9 Å². The second-order valence-electron chi connectivity index (χ2n) is 8.04. The van der Waals surface area contributed by atoms with E-state index in [0.29, 0.717) is 12.5 Å². The Hall–Kier alpha value is -1.59. The van der Waals surface area contributed by atoms with Crippen LogP contribution < -0.4 is 5.32 Å². The summed E-state index contributed by atoms with van der Waals surface area (Å²) < 4.78 is 5.19. The van der Waals surface area contributed by atoms with Gasteiger partial charge in [0, 0.05) is 40.3 Å². The lowest BCUT2D eigenvalue weighted by molar-refractivity contribution is 0.105. The number of rotatable bonds is 8. The fourth-order valence-electron chi connectivity index (χ4n) is 4.23. The van der Waals surface area contributed by atoms with Gasteiger partial charge in [0.2, 0.25) is 0 Å². The van der Waals surface area contributed by atoms with E-state index in [9.17, 15) is 4.79 Å². The smallest absolute Gasteiger partial charge is 0.317 e. The maximum atomic E-state index is 12.5. The first-order valence-corrected chi connectivity index (χ1v) is 10.2. The monoisotopic (exact) mass is 375 g/mol. The highest BCUT2D eigenvalue weighted by atomic mass is 16.5. The first-order valence-electron chi connectivity index (χ1n) is 10.2. The SMILES string of the molecule is COCCN1CCCC(CN(C)C(=O)NCCc2c(C)cc(C)cc2C)C1. The van der Waals surface area contributed by atoms with E-state index in [1.54, 1.807) is 7.11 Å². The topological polar surface area (TPSA) is 44.8 Å². The average Bonchev–Trinajstić information content (AvgIpc) is 2.62. The Morgan fingerprint density at radius 1 is 1.30 bits per heavy atom. The lowest BCUT2D eigenvalue weighted by Crippen LogP contribution is -2.45. The van der Waals surface area contributed by atoms with Crippen LogP contribution >= 0.6 is 0 Å². The molecule has 1 fully saturated rings. The highest BCUT2D eigenvalue weighted by molar-refractivity contribution is 5.73. The third kappa shape index (κ3) is 6.82. The van der Waals surface area contributed by atoms with Gasteiger partial charge in [-0.25, -0.2) is 4.79 Å². The Labute approximate surface area is 165 Å². The van der Waals surface area contributed by atoms with E-state index in [0.717, 1.165) is 39.2 Å². The van der Waals surface area contributed by atoms with Gasteiger partial charge in [-0.3, -0.25) is 0 Å². The van der Waals surface area contributed by atoms with Crippen LogP contribution in [0.5, 0.6) is 0 Å². The van der Waals surface area contributed by atoms with Crippen molar-refractivity contribution in [3.8, 4) is 0 Å². The van der Waals surface area contributed by atoms with E-state index in [1.165, 1.54) is 35.1 Å². The second kappa shape index (κ2) is 10.7. The number of urea groups is 1. The molecule has 27 heavy (non-hydrogen) atoms. The fourth-order valence-corrected chi connectivity index (χ4v) is 4.23. The highest BCUT2D eigenvalue weighted by Gasteiger charge is 2.22. The van der Waals surface area contributed by atoms with Crippen LogP contribution in [-0.4, -0.2) is 69.3 Å². The maximum Gasteiger partial charge on any atom is 0.317 e. The summed E-state index contributed by atoms with van der Waals surface area (Å²) in [6, 6.07) is 4.47. The number of aryl methyl sites for hydroxylation is 3. The fraction of sp³-hybridized carbons (Fsp3) is 0.682. The molecule has 1 aromatic carbocycles. The minimum Gasteiger partial charge on any atom is -0.383 e. The Morgan fingerprint density at radius 2 is 2.00 bits per heavy atom. The van der Waals surface area contributed by atoms with Crippen molar-refractivity contribution >= 4 is 6.03 Å². The van der Waals surface area contributed by atoms with Crippen LogP contribution in [0, 0.1) is 26.7 Å². The molecule has 1 N–H and O–H groups in total. The number of ether oxygens (including phenoxy) is 1. The van der Waals surface area contributed by atoms with Crippen LogP contribution in [0.1, 0.15) is 35.1 Å². The van der Waals surface area contributed by atoms with Crippen LogP contribution in [0.25, 0.3) is 0 Å². The molecule has 2 amide bonds. The van der Waals surface area contributed by atoms with Gasteiger partial charge in [-0.15, -0.1) is 0 Å². The number of nitrogens with zero attached hydrogens (tertiary/aromatic N) is 2. The number of amides is 2. The molecule has 0 bridgehead atoms. The Morgan fingerprint density at radius 3 is 2.67 bits per heavy atom. The van der Waals surface area contributed by atoms with Crippen molar-refractivity contribution < 1.29 is 9.53 Å². The molecule has 1 aliphatic heterocycles. The summed E-state index contributed by atoms with van der Waals surface area (Å²) >= 11 is 0. The van der Waals surface area contributed by atoms with Crippen molar-refractivity contribution in [1.29, 1.82) is 0 Å². The Bertz CT molecular complexity index is 595. The second-order valence-corrected chi connectivity index (χ2v) is 8.04. The number of hydrogen-bond donors (Lipinski definition) is 1. The number of nitrogens with one attached hydrogen (secondary N) is 1. The first-order chi connectivity index (χ1) is 12.9. The van der Waals surface area contributed by atoms with E-state index in [2.05, 4.69) is 43.1 Å². The average molecular weight is 376 g/mol. The zero-order valence-corrected chi connectivity index (χ0v) is 17.8. The number of benzene rings is 1. The molecule has 1 atom stereocenters. The van der Waals surface area contributed by atoms with E-state index >= 15 is 0 Å². The molecule has 1 aliphatic rings. The molecule has 0 saturated carbocycles. The van der Waals surface area contributed by atoms with Crippen molar-refractivity contribution in [3.05, 3.63) is 34.4 Å². The first kappa shape index (κ1) is 21.7. The molecule has 2 rings (SSSR count). The quantitative estimate of drug-likeness (QED) is 0.759. The predicted molar refractivity (Wildman–Crippen MR) is 111 cm³/mol. The highest BCUT2D eigenvalue weighted by Crippen LogP contribution is 2.18. The largest absolute Gasteiger partial charge is 0.383 e. The summed E-state index contributed by atoms with van der Waals surface area (Å²) in [6.07, 6.45) is 3.28. The molecule has 5 nitrogen and oxygen atoms in total. The number of piperidine rings is 1. The van der Waals surface area contributed by atoms with Crippen molar-refractivity contribution in [2.24, 2.45) is 5.92 Å². The van der Waals surface area contributed by atoms with Gasteiger partial charge in [0.15, 0.2) is 0 Å². The summed E-state index contributed by atoms with van der Waals surface area (Å²) in [5.41, 5.74) is 5.27. The molecular formula is C22H37N3O2. The van der Waals surface area contributed by atoms with Crippen molar-refractivity contribution in [1.82, 2.24) is 15.1 Å². The molecule has 1 aromatic rings. The summed E-state index contributed by atoms with van der Waals surface area (Å²) in [5.74, 6) is 0.549. The summed E-state index contributed by atoms with van der Waals surface area (Å²) in [7, 11) is 3.66. The van der Waals surface area contributed by atoms with Gasteiger partial charge in [-0.2, -0.15) is 0 Å². The van der Waals surface area contributed by atoms with Crippen LogP contribution in [0.3, 0.4) is 0 Å². The molecular weight excluding hydrogens is 338 g/mol.